The monoisotopic (exact) mass is 382 g/mol. The normalized spacial score (nSPS) is 27.3. The minimum atomic E-state index is -0.731. The summed E-state index contributed by atoms with van der Waals surface area (Å²) < 4.78 is 18.9. The van der Waals surface area contributed by atoms with Crippen LogP contribution < -0.4 is 0 Å². The first-order chi connectivity index (χ1) is 10.6. The lowest BCUT2D eigenvalue weighted by Gasteiger charge is -2.25. The van der Waals surface area contributed by atoms with Crippen molar-refractivity contribution in [2.45, 2.75) is 24.9 Å². The van der Waals surface area contributed by atoms with Crippen LogP contribution in [0, 0.1) is 4.84 Å². The van der Waals surface area contributed by atoms with Crippen LogP contribution in [0.3, 0.4) is 0 Å². The van der Waals surface area contributed by atoms with Gasteiger partial charge in [-0.1, -0.05) is 12.1 Å². The number of ether oxygens (including phenoxy) is 2. The molecule has 0 saturated carbocycles. The number of carbonyl (C=O) groups is 1. The average molecular weight is 383 g/mol. The minimum absolute atomic E-state index is 0.0916. The van der Waals surface area contributed by atoms with Crippen LogP contribution in [0.15, 0.2) is 33.2 Å². The molecule has 0 N–H and O–H groups in total. The Kier molecular flexibility index (Phi) is 3.48. The van der Waals surface area contributed by atoms with Crippen molar-refractivity contribution in [1.82, 2.24) is 9.78 Å². The van der Waals surface area contributed by atoms with Gasteiger partial charge in [0.25, 0.3) is 4.84 Å². The SMILES string of the molecule is O=C1C[C@H](n2nc(-c3ccccc3Br)oc2=S)[C@@H]2CO[C@H]1O2. The first kappa shape index (κ1) is 14.3. The van der Waals surface area contributed by atoms with E-state index in [2.05, 4.69) is 21.0 Å². The zero-order chi connectivity index (χ0) is 15.3. The molecule has 0 spiro atoms. The average Bonchev–Trinajstić information content (AvgIpc) is 3.09. The number of hydrogen-bond acceptors (Lipinski definition) is 6. The minimum Gasteiger partial charge on any atom is -0.409 e. The summed E-state index contributed by atoms with van der Waals surface area (Å²) in [4.78, 5) is 12.1. The third kappa shape index (κ3) is 2.26. The van der Waals surface area contributed by atoms with Gasteiger partial charge in [-0.3, -0.25) is 4.79 Å². The molecule has 2 fully saturated rings. The van der Waals surface area contributed by atoms with Crippen molar-refractivity contribution < 1.29 is 18.7 Å². The molecule has 2 saturated heterocycles. The van der Waals surface area contributed by atoms with Gasteiger partial charge in [0.15, 0.2) is 5.78 Å². The van der Waals surface area contributed by atoms with Gasteiger partial charge in [0.05, 0.1) is 18.2 Å². The maximum Gasteiger partial charge on any atom is 0.287 e. The predicted octanol–water partition coefficient (Wildman–Crippen LogP) is 2.89. The fourth-order valence-electron chi connectivity index (χ4n) is 2.71. The second-order valence-corrected chi connectivity index (χ2v) is 6.38. The summed E-state index contributed by atoms with van der Waals surface area (Å²) in [6.07, 6.45) is -0.678. The van der Waals surface area contributed by atoms with Crippen molar-refractivity contribution >= 4 is 33.9 Å². The van der Waals surface area contributed by atoms with E-state index in [9.17, 15) is 4.79 Å². The van der Waals surface area contributed by atoms with Crippen LogP contribution in [0.5, 0.6) is 0 Å². The van der Waals surface area contributed by atoms with Gasteiger partial charge in [0, 0.05) is 10.9 Å². The highest BCUT2D eigenvalue weighted by atomic mass is 79.9. The zero-order valence-corrected chi connectivity index (χ0v) is 13.7. The quantitative estimate of drug-likeness (QED) is 0.743. The largest absolute Gasteiger partial charge is 0.409 e. The molecule has 0 radical (unpaired) electrons. The highest BCUT2D eigenvalue weighted by Crippen LogP contribution is 2.34. The summed E-state index contributed by atoms with van der Waals surface area (Å²) in [5, 5.41) is 4.44. The Bertz CT molecular complexity index is 802. The standard InChI is InChI=1S/C14H11BrN2O4S/c15-8-4-2-1-3-7(8)12-16-17(14(22)21-12)9-5-10(18)13-19-6-11(9)20-13/h1-4,9,11,13H,5-6H2/t9-,11-,13-/m0/s1. The Morgan fingerprint density at radius 3 is 3.00 bits per heavy atom. The van der Waals surface area contributed by atoms with Crippen LogP contribution in [-0.2, 0) is 14.3 Å². The number of ketones is 1. The van der Waals surface area contributed by atoms with Crippen molar-refractivity contribution in [3.63, 3.8) is 0 Å². The van der Waals surface area contributed by atoms with Gasteiger partial charge < -0.3 is 13.9 Å². The number of nitrogens with zero attached hydrogens (tertiary/aromatic N) is 2. The summed E-state index contributed by atoms with van der Waals surface area (Å²) in [5.41, 5.74) is 0.802. The summed E-state index contributed by atoms with van der Waals surface area (Å²) >= 11 is 8.72. The highest BCUT2D eigenvalue weighted by molar-refractivity contribution is 9.10. The molecule has 2 aromatic rings. The molecule has 0 aliphatic carbocycles. The molecular weight excluding hydrogens is 372 g/mol. The van der Waals surface area contributed by atoms with Crippen molar-refractivity contribution in [2.75, 3.05) is 6.61 Å². The molecule has 114 valence electrons. The summed E-state index contributed by atoms with van der Waals surface area (Å²) in [6, 6.07) is 7.28. The number of fused-ring (bicyclic) bond motifs is 2. The van der Waals surface area contributed by atoms with E-state index in [4.69, 9.17) is 26.1 Å². The Balaban J connectivity index is 1.73. The van der Waals surface area contributed by atoms with E-state index in [1.807, 2.05) is 24.3 Å². The smallest absolute Gasteiger partial charge is 0.287 e. The van der Waals surface area contributed by atoms with Crippen molar-refractivity contribution in [1.29, 1.82) is 0 Å². The molecule has 6 nitrogen and oxygen atoms in total. The number of benzene rings is 1. The maximum atomic E-state index is 11.9. The lowest BCUT2D eigenvalue weighted by molar-refractivity contribution is -0.156. The van der Waals surface area contributed by atoms with Gasteiger partial charge in [-0.05, 0) is 40.3 Å². The second-order valence-electron chi connectivity index (χ2n) is 5.18. The highest BCUT2D eigenvalue weighted by Gasteiger charge is 2.45. The van der Waals surface area contributed by atoms with Gasteiger partial charge in [0.2, 0.25) is 12.2 Å². The van der Waals surface area contributed by atoms with Gasteiger partial charge >= 0.3 is 0 Å². The maximum absolute atomic E-state index is 11.9. The van der Waals surface area contributed by atoms with Crippen LogP contribution in [0.1, 0.15) is 12.5 Å². The van der Waals surface area contributed by atoms with Gasteiger partial charge in [0.1, 0.15) is 6.10 Å². The molecule has 3 atom stereocenters. The summed E-state index contributed by atoms with van der Waals surface area (Å²) in [6.45, 7) is 0.361. The lowest BCUT2D eigenvalue weighted by atomic mass is 10.0. The number of rotatable bonds is 2. The van der Waals surface area contributed by atoms with E-state index in [0.29, 0.717) is 12.5 Å². The molecule has 0 amide bonds. The Morgan fingerprint density at radius 2 is 2.18 bits per heavy atom. The van der Waals surface area contributed by atoms with E-state index < -0.39 is 6.29 Å². The van der Waals surface area contributed by atoms with E-state index >= 15 is 0 Å². The van der Waals surface area contributed by atoms with Gasteiger partial charge in [-0.15, -0.1) is 5.10 Å². The molecule has 1 aromatic carbocycles. The molecule has 8 heteroatoms. The number of aromatic nitrogens is 2. The Labute approximate surface area is 139 Å². The molecule has 2 aliphatic heterocycles. The Hall–Kier alpha value is -1.35. The molecular formula is C14H11BrN2O4S. The third-order valence-corrected chi connectivity index (χ3v) is 4.76. The number of halogens is 1. The number of Topliss-reactive ketones (excluding diaryl/α,β-unsaturated/α-hetero) is 1. The van der Waals surface area contributed by atoms with E-state index in [1.54, 1.807) is 4.68 Å². The molecule has 2 bridgehead atoms. The van der Waals surface area contributed by atoms with Crippen LogP contribution in [0.2, 0.25) is 0 Å². The van der Waals surface area contributed by atoms with Crippen molar-refractivity contribution in [2.24, 2.45) is 0 Å². The second kappa shape index (κ2) is 5.38. The third-order valence-electron chi connectivity index (χ3n) is 3.80. The van der Waals surface area contributed by atoms with E-state index in [1.165, 1.54) is 0 Å². The zero-order valence-electron chi connectivity index (χ0n) is 11.3. The number of hydrogen-bond donors (Lipinski definition) is 0. The molecule has 22 heavy (non-hydrogen) atoms. The fourth-order valence-corrected chi connectivity index (χ4v) is 3.42. The lowest BCUT2D eigenvalue weighted by Crippen LogP contribution is -2.37. The number of carbonyl (C=O) groups excluding carboxylic acids is 1. The Morgan fingerprint density at radius 1 is 1.36 bits per heavy atom. The van der Waals surface area contributed by atoms with Gasteiger partial charge in [-0.2, -0.15) is 0 Å². The van der Waals surface area contributed by atoms with Crippen molar-refractivity contribution in [3.8, 4) is 11.5 Å². The van der Waals surface area contributed by atoms with Crippen LogP contribution >= 0.6 is 28.1 Å². The molecule has 4 rings (SSSR count). The molecule has 2 aliphatic rings. The predicted molar refractivity (Wildman–Crippen MR) is 81.7 cm³/mol. The molecule has 0 unspecified atom stereocenters. The fraction of sp³-hybridized carbons (Fsp3) is 0.357. The summed E-state index contributed by atoms with van der Waals surface area (Å²) in [7, 11) is 0. The van der Waals surface area contributed by atoms with Crippen molar-refractivity contribution in [3.05, 3.63) is 33.6 Å². The van der Waals surface area contributed by atoms with Crippen LogP contribution in [0.4, 0.5) is 0 Å². The van der Waals surface area contributed by atoms with Crippen LogP contribution in [0.25, 0.3) is 11.5 Å². The van der Waals surface area contributed by atoms with Crippen LogP contribution in [-0.4, -0.2) is 34.6 Å². The first-order valence-electron chi connectivity index (χ1n) is 6.78. The van der Waals surface area contributed by atoms with Gasteiger partial charge in [-0.25, -0.2) is 4.68 Å². The molecule has 3 heterocycles. The van der Waals surface area contributed by atoms with E-state index in [0.717, 1.165) is 10.0 Å². The van der Waals surface area contributed by atoms with E-state index in [-0.39, 0.29) is 29.2 Å². The first-order valence-corrected chi connectivity index (χ1v) is 7.98. The topological polar surface area (TPSA) is 66.5 Å². The summed E-state index contributed by atoms with van der Waals surface area (Å²) in [5.74, 6) is 0.317. The molecule has 1 aromatic heterocycles.